The Labute approximate surface area is 244 Å². The number of pyridine rings is 1. The SMILES string of the molecule is COc1cnc(-c2cnc(-n3ccnc3)cn2)c2[nH]cc(C(=O)C(O)N3CCN(c4nnnn4-c4ccccc4)CC3)c12. The summed E-state index contributed by atoms with van der Waals surface area (Å²) in [5.41, 5.74) is 2.70. The Bertz CT molecular complexity index is 1860. The summed E-state index contributed by atoms with van der Waals surface area (Å²) in [4.78, 5) is 38.2. The number of Topliss-reactive ketones (excluding diaryl/α,β-unsaturated/α-hetero) is 1. The van der Waals surface area contributed by atoms with E-state index in [1.807, 2.05) is 35.2 Å². The van der Waals surface area contributed by atoms with Crippen LogP contribution in [0.2, 0.25) is 0 Å². The molecule has 0 amide bonds. The number of H-pyrrole nitrogens is 1. The van der Waals surface area contributed by atoms with E-state index in [2.05, 4.69) is 40.4 Å². The van der Waals surface area contributed by atoms with Crippen LogP contribution in [-0.2, 0) is 0 Å². The van der Waals surface area contributed by atoms with Gasteiger partial charge >= 0.3 is 0 Å². The van der Waals surface area contributed by atoms with Crippen molar-refractivity contribution in [3.63, 3.8) is 0 Å². The highest BCUT2D eigenvalue weighted by Crippen LogP contribution is 2.34. The molecule has 0 spiro atoms. The van der Waals surface area contributed by atoms with Gasteiger partial charge in [-0.3, -0.25) is 14.3 Å². The average molecular weight is 579 g/mol. The molecular formula is C28H26N12O3. The van der Waals surface area contributed by atoms with Crippen LogP contribution in [0.25, 0.3) is 33.8 Å². The standard InChI is InChI=1S/C28H26N12O3/c1-43-21-15-33-24(20-14-31-22(16-30-20)39-8-7-29-17-39)25-23(21)19(13-32-25)26(41)27(42)37-9-11-38(12-10-37)28-34-35-36-40(28)18-5-3-2-4-6-18/h2-8,13-17,27,32,42H,9-12H2,1H3. The van der Waals surface area contributed by atoms with E-state index in [1.54, 1.807) is 51.5 Å². The number of anilines is 1. The van der Waals surface area contributed by atoms with Crippen molar-refractivity contribution in [2.24, 2.45) is 0 Å². The van der Waals surface area contributed by atoms with Gasteiger partial charge in [0.15, 0.2) is 12.0 Å². The number of aliphatic hydroxyl groups excluding tert-OH is 1. The van der Waals surface area contributed by atoms with Gasteiger partial charge in [0.1, 0.15) is 23.5 Å². The molecule has 0 aliphatic carbocycles. The molecule has 15 nitrogen and oxygen atoms in total. The number of carbonyl (C=O) groups is 1. The van der Waals surface area contributed by atoms with Gasteiger partial charge in [-0.25, -0.2) is 19.9 Å². The number of para-hydroxylation sites is 1. The molecule has 5 aromatic heterocycles. The quantitative estimate of drug-likeness (QED) is 0.250. The van der Waals surface area contributed by atoms with Crippen molar-refractivity contribution in [2.45, 2.75) is 6.23 Å². The molecule has 1 atom stereocenters. The summed E-state index contributed by atoms with van der Waals surface area (Å²) in [5.74, 6) is 1.16. The predicted molar refractivity (Wildman–Crippen MR) is 154 cm³/mol. The number of rotatable bonds is 8. The molecule has 0 bridgehead atoms. The van der Waals surface area contributed by atoms with Gasteiger partial charge in [-0.2, -0.15) is 4.68 Å². The molecule has 1 fully saturated rings. The number of carbonyl (C=O) groups excluding carboxylic acids is 1. The van der Waals surface area contributed by atoms with Gasteiger partial charge in [-0.05, 0) is 22.6 Å². The maximum atomic E-state index is 13.7. The van der Waals surface area contributed by atoms with Crippen LogP contribution in [0.5, 0.6) is 5.75 Å². The second-order valence-electron chi connectivity index (χ2n) is 9.84. The number of benzene rings is 1. The number of hydrogen-bond donors (Lipinski definition) is 2. The number of tetrazole rings is 1. The molecule has 43 heavy (non-hydrogen) atoms. The normalized spacial score (nSPS) is 14.7. The summed E-state index contributed by atoms with van der Waals surface area (Å²) in [6.45, 7) is 1.91. The van der Waals surface area contributed by atoms with Gasteiger partial charge in [0.2, 0.25) is 11.7 Å². The number of aromatic nitrogens is 10. The maximum Gasteiger partial charge on any atom is 0.250 e. The minimum atomic E-state index is -1.36. The number of aliphatic hydroxyl groups is 1. The number of ether oxygens (including phenoxy) is 1. The largest absolute Gasteiger partial charge is 0.494 e. The summed E-state index contributed by atoms with van der Waals surface area (Å²) in [5, 5.41) is 23.9. The number of aromatic amines is 1. The predicted octanol–water partition coefficient (Wildman–Crippen LogP) is 1.51. The highest BCUT2D eigenvalue weighted by Gasteiger charge is 2.32. The zero-order valence-electron chi connectivity index (χ0n) is 23.0. The van der Waals surface area contributed by atoms with Gasteiger partial charge in [0.25, 0.3) is 0 Å². The Hall–Kier alpha value is -5.54. The lowest BCUT2D eigenvalue weighted by molar-refractivity contribution is 0.00841. The molecule has 6 aromatic rings. The molecule has 6 heterocycles. The zero-order chi connectivity index (χ0) is 29.3. The summed E-state index contributed by atoms with van der Waals surface area (Å²) < 4.78 is 8.98. The fraction of sp³-hybridized carbons (Fsp3) is 0.214. The maximum absolute atomic E-state index is 13.7. The van der Waals surface area contributed by atoms with Crippen molar-refractivity contribution >= 4 is 22.6 Å². The van der Waals surface area contributed by atoms with E-state index in [4.69, 9.17) is 4.74 Å². The number of nitrogens with one attached hydrogen (secondary N) is 1. The first-order valence-corrected chi connectivity index (χ1v) is 13.5. The highest BCUT2D eigenvalue weighted by molar-refractivity contribution is 6.13. The van der Waals surface area contributed by atoms with Gasteiger partial charge in [-0.1, -0.05) is 23.3 Å². The third kappa shape index (κ3) is 4.75. The van der Waals surface area contributed by atoms with E-state index in [1.165, 1.54) is 13.3 Å². The molecule has 1 aliphatic heterocycles. The Morgan fingerprint density at radius 3 is 2.60 bits per heavy atom. The molecule has 1 aliphatic rings. The van der Waals surface area contributed by atoms with Crippen molar-refractivity contribution in [3.05, 3.63) is 79.4 Å². The van der Waals surface area contributed by atoms with Crippen LogP contribution in [0.1, 0.15) is 10.4 Å². The average Bonchev–Trinajstić information content (AvgIpc) is 3.86. The molecule has 0 saturated carbocycles. The summed E-state index contributed by atoms with van der Waals surface area (Å²) >= 11 is 0. The minimum absolute atomic E-state index is 0.293. The van der Waals surface area contributed by atoms with E-state index in [0.717, 1.165) is 5.69 Å². The lowest BCUT2D eigenvalue weighted by atomic mass is 10.1. The van der Waals surface area contributed by atoms with E-state index in [0.29, 0.717) is 71.5 Å². The zero-order valence-corrected chi connectivity index (χ0v) is 23.0. The number of fused-ring (bicyclic) bond motifs is 1. The first-order chi connectivity index (χ1) is 21.1. The number of imidazole rings is 1. The van der Waals surface area contributed by atoms with Crippen LogP contribution >= 0.6 is 0 Å². The molecule has 216 valence electrons. The van der Waals surface area contributed by atoms with Crippen molar-refractivity contribution in [1.29, 1.82) is 0 Å². The van der Waals surface area contributed by atoms with Gasteiger partial charge < -0.3 is 19.7 Å². The second-order valence-corrected chi connectivity index (χ2v) is 9.84. The molecule has 2 N–H and O–H groups in total. The smallest absolute Gasteiger partial charge is 0.250 e. The topological polar surface area (TPSA) is 169 Å². The number of piperazine rings is 1. The first kappa shape index (κ1) is 26.4. The van der Waals surface area contributed by atoms with Crippen LogP contribution in [0.3, 0.4) is 0 Å². The Morgan fingerprint density at radius 1 is 1.05 bits per heavy atom. The Kier molecular flexibility index (Phi) is 6.76. The first-order valence-electron chi connectivity index (χ1n) is 13.5. The summed E-state index contributed by atoms with van der Waals surface area (Å²) in [7, 11) is 1.51. The van der Waals surface area contributed by atoms with Crippen molar-refractivity contribution in [3.8, 4) is 28.6 Å². The molecular weight excluding hydrogens is 552 g/mol. The highest BCUT2D eigenvalue weighted by atomic mass is 16.5. The van der Waals surface area contributed by atoms with E-state index >= 15 is 0 Å². The van der Waals surface area contributed by atoms with Crippen molar-refractivity contribution in [1.82, 2.24) is 54.6 Å². The van der Waals surface area contributed by atoms with Gasteiger partial charge in [0.05, 0.1) is 47.9 Å². The van der Waals surface area contributed by atoms with Gasteiger partial charge in [0, 0.05) is 44.8 Å². The van der Waals surface area contributed by atoms with Crippen LogP contribution in [0.15, 0.2) is 73.8 Å². The Balaban J connectivity index is 1.11. The number of methoxy groups -OCH3 is 1. The number of hydrogen-bond acceptors (Lipinski definition) is 12. The van der Waals surface area contributed by atoms with Crippen LogP contribution in [-0.4, -0.2) is 105 Å². The van der Waals surface area contributed by atoms with Crippen LogP contribution < -0.4 is 9.64 Å². The van der Waals surface area contributed by atoms with E-state index in [-0.39, 0.29) is 0 Å². The third-order valence-corrected chi connectivity index (χ3v) is 7.44. The van der Waals surface area contributed by atoms with Crippen molar-refractivity contribution < 1.29 is 14.6 Å². The van der Waals surface area contributed by atoms with Crippen LogP contribution in [0.4, 0.5) is 5.95 Å². The van der Waals surface area contributed by atoms with E-state index in [9.17, 15) is 9.90 Å². The van der Waals surface area contributed by atoms with Crippen LogP contribution in [0, 0.1) is 0 Å². The minimum Gasteiger partial charge on any atom is -0.494 e. The summed E-state index contributed by atoms with van der Waals surface area (Å²) in [6, 6.07) is 9.63. The molecule has 1 aromatic carbocycles. The molecule has 0 radical (unpaired) electrons. The molecule has 15 heteroatoms. The molecule has 1 unspecified atom stereocenters. The fourth-order valence-electron chi connectivity index (χ4n) is 5.22. The number of nitrogens with zero attached hydrogens (tertiary/aromatic N) is 11. The van der Waals surface area contributed by atoms with Gasteiger partial charge in [-0.15, -0.1) is 0 Å². The lowest BCUT2D eigenvalue weighted by Gasteiger charge is -2.36. The molecule has 7 rings (SSSR count). The summed E-state index contributed by atoms with van der Waals surface area (Å²) in [6.07, 6.45) is 10.0. The van der Waals surface area contributed by atoms with Crippen molar-refractivity contribution in [2.75, 3.05) is 38.2 Å². The third-order valence-electron chi connectivity index (χ3n) is 7.44. The van der Waals surface area contributed by atoms with E-state index < -0.39 is 12.0 Å². The fourth-order valence-corrected chi connectivity index (χ4v) is 5.22. The molecule has 1 saturated heterocycles. The Morgan fingerprint density at radius 2 is 1.88 bits per heavy atom. The monoisotopic (exact) mass is 578 g/mol. The second kappa shape index (κ2) is 11.0. The lowest BCUT2D eigenvalue weighted by Crippen LogP contribution is -2.53. The number of ketones is 1.